The summed E-state index contributed by atoms with van der Waals surface area (Å²) in [6.07, 6.45) is 1.98. The summed E-state index contributed by atoms with van der Waals surface area (Å²) in [5, 5.41) is 9.34. The van der Waals surface area contributed by atoms with Crippen LogP contribution in [0.2, 0.25) is 0 Å². The first kappa shape index (κ1) is 15.4. The maximum Gasteiger partial charge on any atom is 0.310 e. The molecular formula is C12H21N3O4. The molecule has 1 heterocycles. The third-order valence-corrected chi connectivity index (χ3v) is 3.36. The van der Waals surface area contributed by atoms with Crippen molar-refractivity contribution >= 4 is 17.8 Å². The summed E-state index contributed by atoms with van der Waals surface area (Å²) >= 11 is 0. The molecule has 19 heavy (non-hydrogen) atoms. The summed E-state index contributed by atoms with van der Waals surface area (Å²) in [5.41, 5.74) is 3.74. The molecule has 7 heteroatoms. The molecule has 0 bridgehead atoms. The van der Waals surface area contributed by atoms with Gasteiger partial charge >= 0.3 is 5.97 Å². The second kappa shape index (κ2) is 6.51. The number of carboxylic acids is 1. The van der Waals surface area contributed by atoms with Crippen LogP contribution in [0.4, 0.5) is 0 Å². The van der Waals surface area contributed by atoms with Crippen molar-refractivity contribution in [3.05, 3.63) is 0 Å². The number of nitrogens with zero attached hydrogens (tertiary/aromatic N) is 1. The molecule has 0 aromatic carbocycles. The SMILES string of the molecule is CCCC1(C(=O)O)CCN(CC(=O)NNC(C)=O)C1. The van der Waals surface area contributed by atoms with E-state index in [1.807, 2.05) is 6.92 Å². The summed E-state index contributed by atoms with van der Waals surface area (Å²) in [7, 11) is 0. The second-order valence-electron chi connectivity index (χ2n) is 5.03. The summed E-state index contributed by atoms with van der Waals surface area (Å²) in [5.74, 6) is -1.48. The lowest BCUT2D eigenvalue weighted by Gasteiger charge is -2.24. The van der Waals surface area contributed by atoms with Crippen molar-refractivity contribution < 1.29 is 19.5 Å². The van der Waals surface area contributed by atoms with Crippen molar-refractivity contribution in [2.24, 2.45) is 5.41 Å². The van der Waals surface area contributed by atoms with Gasteiger partial charge in [-0.15, -0.1) is 0 Å². The number of rotatable bonds is 5. The van der Waals surface area contributed by atoms with Gasteiger partial charge in [-0.05, 0) is 19.4 Å². The molecule has 0 aromatic rings. The molecule has 1 unspecified atom stereocenters. The molecule has 0 spiro atoms. The number of carbonyl (C=O) groups excluding carboxylic acids is 2. The number of aliphatic carboxylic acids is 1. The summed E-state index contributed by atoms with van der Waals surface area (Å²) < 4.78 is 0. The van der Waals surface area contributed by atoms with Gasteiger partial charge in [0.05, 0.1) is 12.0 Å². The van der Waals surface area contributed by atoms with Crippen LogP contribution in [0.1, 0.15) is 33.1 Å². The van der Waals surface area contributed by atoms with Crippen molar-refractivity contribution in [1.82, 2.24) is 15.8 Å². The normalized spacial score (nSPS) is 23.1. The fourth-order valence-electron chi connectivity index (χ4n) is 2.46. The van der Waals surface area contributed by atoms with Gasteiger partial charge < -0.3 is 5.11 Å². The number of amides is 2. The Hall–Kier alpha value is -1.63. The standard InChI is InChI=1S/C12H21N3O4/c1-3-4-12(11(18)19)5-6-15(8-12)7-10(17)14-13-9(2)16/h3-8H2,1-2H3,(H,13,16)(H,14,17)(H,18,19). The monoisotopic (exact) mass is 271 g/mol. The van der Waals surface area contributed by atoms with Crippen LogP contribution >= 0.6 is 0 Å². The Labute approximate surface area is 112 Å². The summed E-state index contributed by atoms with van der Waals surface area (Å²) in [6.45, 7) is 4.31. The Morgan fingerprint density at radius 3 is 2.53 bits per heavy atom. The maximum atomic E-state index is 11.5. The van der Waals surface area contributed by atoms with Crippen molar-refractivity contribution in [3.63, 3.8) is 0 Å². The second-order valence-corrected chi connectivity index (χ2v) is 5.03. The van der Waals surface area contributed by atoms with E-state index < -0.39 is 11.4 Å². The largest absolute Gasteiger partial charge is 0.481 e. The Morgan fingerprint density at radius 1 is 1.32 bits per heavy atom. The molecule has 1 aliphatic rings. The van der Waals surface area contributed by atoms with E-state index >= 15 is 0 Å². The van der Waals surface area contributed by atoms with Gasteiger partial charge in [-0.2, -0.15) is 0 Å². The zero-order valence-corrected chi connectivity index (χ0v) is 11.4. The van der Waals surface area contributed by atoms with E-state index in [4.69, 9.17) is 0 Å². The molecule has 0 saturated carbocycles. The molecule has 0 radical (unpaired) electrons. The topological polar surface area (TPSA) is 98.7 Å². The Balaban J connectivity index is 2.48. The number of carbonyl (C=O) groups is 3. The highest BCUT2D eigenvalue weighted by Crippen LogP contribution is 2.35. The molecular weight excluding hydrogens is 250 g/mol. The molecule has 0 aromatic heterocycles. The number of nitrogens with one attached hydrogen (secondary N) is 2. The maximum absolute atomic E-state index is 11.5. The fraction of sp³-hybridized carbons (Fsp3) is 0.750. The summed E-state index contributed by atoms with van der Waals surface area (Å²) in [6, 6.07) is 0. The highest BCUT2D eigenvalue weighted by atomic mass is 16.4. The highest BCUT2D eigenvalue weighted by Gasteiger charge is 2.44. The third kappa shape index (κ3) is 4.20. The van der Waals surface area contributed by atoms with Gasteiger partial charge in [0.15, 0.2) is 0 Å². The minimum Gasteiger partial charge on any atom is -0.481 e. The zero-order valence-electron chi connectivity index (χ0n) is 11.4. The highest BCUT2D eigenvalue weighted by molar-refractivity contribution is 5.82. The van der Waals surface area contributed by atoms with E-state index in [1.165, 1.54) is 6.92 Å². The van der Waals surface area contributed by atoms with E-state index in [0.29, 0.717) is 25.9 Å². The van der Waals surface area contributed by atoms with Gasteiger partial charge in [-0.3, -0.25) is 30.1 Å². The first-order valence-electron chi connectivity index (χ1n) is 6.41. The predicted molar refractivity (Wildman–Crippen MR) is 68.0 cm³/mol. The van der Waals surface area contributed by atoms with Crippen LogP contribution in [0.5, 0.6) is 0 Å². The molecule has 7 nitrogen and oxygen atoms in total. The minimum atomic E-state index is -0.792. The zero-order chi connectivity index (χ0) is 14.5. The molecule has 108 valence electrons. The van der Waals surface area contributed by atoms with Gasteiger partial charge in [0.1, 0.15) is 0 Å². The lowest BCUT2D eigenvalue weighted by molar-refractivity contribution is -0.148. The third-order valence-electron chi connectivity index (χ3n) is 3.36. The van der Waals surface area contributed by atoms with Gasteiger partial charge in [-0.1, -0.05) is 13.3 Å². The minimum absolute atomic E-state index is 0.0963. The van der Waals surface area contributed by atoms with Gasteiger partial charge in [0.2, 0.25) is 5.91 Å². The first-order chi connectivity index (χ1) is 8.89. The van der Waals surface area contributed by atoms with E-state index in [2.05, 4.69) is 10.9 Å². The molecule has 1 aliphatic heterocycles. The molecule has 1 atom stereocenters. The smallest absolute Gasteiger partial charge is 0.310 e. The molecule has 1 saturated heterocycles. The van der Waals surface area contributed by atoms with Crippen LogP contribution in [-0.2, 0) is 14.4 Å². The fourth-order valence-corrected chi connectivity index (χ4v) is 2.46. The number of carboxylic acid groups (broad SMARTS) is 1. The van der Waals surface area contributed by atoms with Crippen LogP contribution in [0.15, 0.2) is 0 Å². The van der Waals surface area contributed by atoms with Crippen LogP contribution in [0.3, 0.4) is 0 Å². The lowest BCUT2D eigenvalue weighted by Crippen LogP contribution is -2.46. The Morgan fingerprint density at radius 2 is 2.00 bits per heavy atom. The number of hydrazine groups is 1. The molecule has 1 fully saturated rings. The lowest BCUT2D eigenvalue weighted by atomic mass is 9.83. The van der Waals surface area contributed by atoms with E-state index in [1.54, 1.807) is 4.90 Å². The van der Waals surface area contributed by atoms with Crippen molar-refractivity contribution in [1.29, 1.82) is 0 Å². The Bertz CT molecular complexity index is 372. The Kier molecular flexibility index (Phi) is 5.29. The van der Waals surface area contributed by atoms with Gasteiger partial charge in [0, 0.05) is 13.5 Å². The molecule has 2 amide bonds. The van der Waals surface area contributed by atoms with Crippen LogP contribution < -0.4 is 10.9 Å². The van der Waals surface area contributed by atoms with Crippen molar-refractivity contribution in [3.8, 4) is 0 Å². The number of hydrogen-bond donors (Lipinski definition) is 3. The van der Waals surface area contributed by atoms with Gasteiger partial charge in [0.25, 0.3) is 5.91 Å². The van der Waals surface area contributed by atoms with E-state index in [9.17, 15) is 19.5 Å². The van der Waals surface area contributed by atoms with E-state index in [-0.39, 0.29) is 18.4 Å². The van der Waals surface area contributed by atoms with Crippen LogP contribution in [0, 0.1) is 5.41 Å². The van der Waals surface area contributed by atoms with Gasteiger partial charge in [-0.25, -0.2) is 0 Å². The average molecular weight is 271 g/mol. The first-order valence-corrected chi connectivity index (χ1v) is 6.41. The predicted octanol–water partition coefficient (Wildman–Crippen LogP) is -0.269. The van der Waals surface area contributed by atoms with Crippen molar-refractivity contribution in [2.45, 2.75) is 33.1 Å². The molecule has 0 aliphatic carbocycles. The quantitative estimate of drug-likeness (QED) is 0.598. The number of likely N-dealkylation sites (tertiary alicyclic amines) is 1. The van der Waals surface area contributed by atoms with E-state index in [0.717, 1.165) is 6.42 Å². The molecule has 1 rings (SSSR count). The summed E-state index contributed by atoms with van der Waals surface area (Å²) in [4.78, 5) is 35.4. The van der Waals surface area contributed by atoms with Crippen LogP contribution in [-0.4, -0.2) is 47.4 Å². The van der Waals surface area contributed by atoms with Crippen LogP contribution in [0.25, 0.3) is 0 Å². The molecule has 3 N–H and O–H groups in total. The number of hydrogen-bond acceptors (Lipinski definition) is 4. The van der Waals surface area contributed by atoms with Crippen molar-refractivity contribution in [2.75, 3.05) is 19.6 Å². The average Bonchev–Trinajstić information content (AvgIpc) is 2.71.